The van der Waals surface area contributed by atoms with Gasteiger partial charge in [0, 0.05) is 24.4 Å². The van der Waals surface area contributed by atoms with Crippen LogP contribution in [0.2, 0.25) is 0 Å². The minimum absolute atomic E-state index is 0.0369. The first-order valence-electron chi connectivity index (χ1n) is 12.7. The molecule has 1 aromatic carbocycles. The minimum Gasteiger partial charge on any atom is -0.488 e. The molecule has 36 heavy (non-hydrogen) atoms. The zero-order valence-electron chi connectivity index (χ0n) is 20.5. The Morgan fingerprint density at radius 2 is 1.97 bits per heavy atom. The SMILES string of the molecule is CS(=O)(=O)CCCNC(=O)C1CCc2[nH]c3ncnc(Nc4ccccc4OC4CCCC4)c3c2C1. The fourth-order valence-corrected chi connectivity index (χ4v) is 5.90. The van der Waals surface area contributed by atoms with Crippen molar-refractivity contribution in [1.29, 1.82) is 0 Å². The Morgan fingerprint density at radius 3 is 2.78 bits per heavy atom. The number of nitrogens with one attached hydrogen (secondary N) is 3. The number of ether oxygens (including phenoxy) is 1. The molecule has 0 bridgehead atoms. The van der Waals surface area contributed by atoms with Gasteiger partial charge in [-0.15, -0.1) is 0 Å². The zero-order valence-corrected chi connectivity index (χ0v) is 21.4. The van der Waals surface area contributed by atoms with Gasteiger partial charge in [0.25, 0.3) is 0 Å². The molecular formula is C26H33N5O4S. The molecule has 9 nitrogen and oxygen atoms in total. The van der Waals surface area contributed by atoms with Crippen LogP contribution in [0.5, 0.6) is 5.75 Å². The van der Waals surface area contributed by atoms with E-state index in [0.29, 0.717) is 25.2 Å². The highest BCUT2D eigenvalue weighted by molar-refractivity contribution is 7.90. The molecule has 1 unspecified atom stereocenters. The van der Waals surface area contributed by atoms with Gasteiger partial charge in [-0.05, 0) is 69.1 Å². The van der Waals surface area contributed by atoms with Crippen molar-refractivity contribution in [1.82, 2.24) is 20.3 Å². The summed E-state index contributed by atoms with van der Waals surface area (Å²) in [7, 11) is -3.03. The van der Waals surface area contributed by atoms with Gasteiger partial charge in [0.1, 0.15) is 33.4 Å². The maximum atomic E-state index is 12.8. The summed E-state index contributed by atoms with van der Waals surface area (Å²) in [6.45, 7) is 0.358. The van der Waals surface area contributed by atoms with Crippen LogP contribution in [0.3, 0.4) is 0 Å². The van der Waals surface area contributed by atoms with Crippen LogP contribution in [0.25, 0.3) is 11.0 Å². The van der Waals surface area contributed by atoms with E-state index in [4.69, 9.17) is 4.74 Å². The Morgan fingerprint density at radius 1 is 1.17 bits per heavy atom. The summed E-state index contributed by atoms with van der Waals surface area (Å²) >= 11 is 0. The number of aromatic amines is 1. The van der Waals surface area contributed by atoms with E-state index < -0.39 is 9.84 Å². The van der Waals surface area contributed by atoms with Gasteiger partial charge in [0.05, 0.1) is 22.9 Å². The van der Waals surface area contributed by atoms with Crippen molar-refractivity contribution in [3.05, 3.63) is 41.9 Å². The van der Waals surface area contributed by atoms with Crippen LogP contribution in [0.4, 0.5) is 11.5 Å². The summed E-state index contributed by atoms with van der Waals surface area (Å²) in [6, 6.07) is 7.92. The molecule has 3 aromatic rings. The molecule has 2 heterocycles. The van der Waals surface area contributed by atoms with Gasteiger partial charge in [-0.1, -0.05) is 12.1 Å². The Labute approximate surface area is 211 Å². The van der Waals surface area contributed by atoms with Gasteiger partial charge in [0.2, 0.25) is 5.91 Å². The van der Waals surface area contributed by atoms with Crippen LogP contribution in [-0.4, -0.2) is 53.9 Å². The third-order valence-corrected chi connectivity index (χ3v) is 8.10. The first-order chi connectivity index (χ1) is 17.4. The van der Waals surface area contributed by atoms with Crippen molar-refractivity contribution in [2.45, 2.75) is 57.5 Å². The second-order valence-corrected chi connectivity index (χ2v) is 12.1. The van der Waals surface area contributed by atoms with Crippen LogP contribution in [0.15, 0.2) is 30.6 Å². The molecule has 3 N–H and O–H groups in total. The van der Waals surface area contributed by atoms with E-state index in [1.54, 1.807) is 6.33 Å². The van der Waals surface area contributed by atoms with E-state index in [1.165, 1.54) is 19.1 Å². The molecule has 2 aliphatic rings. The molecule has 1 atom stereocenters. The third-order valence-electron chi connectivity index (χ3n) is 7.07. The summed E-state index contributed by atoms with van der Waals surface area (Å²) in [6.07, 6.45) is 10.0. The number of amides is 1. The van der Waals surface area contributed by atoms with E-state index in [1.807, 2.05) is 24.3 Å². The molecule has 0 aliphatic heterocycles. The predicted molar refractivity (Wildman–Crippen MR) is 139 cm³/mol. The molecule has 1 amide bonds. The molecule has 5 rings (SSSR count). The van der Waals surface area contributed by atoms with Gasteiger partial charge in [0.15, 0.2) is 0 Å². The summed E-state index contributed by atoms with van der Waals surface area (Å²) in [5.74, 6) is 1.36. The molecular weight excluding hydrogens is 478 g/mol. The molecule has 192 valence electrons. The maximum absolute atomic E-state index is 12.8. The number of sulfone groups is 1. The lowest BCUT2D eigenvalue weighted by molar-refractivity contribution is -0.125. The average molecular weight is 512 g/mol. The smallest absolute Gasteiger partial charge is 0.223 e. The molecule has 2 aromatic heterocycles. The first-order valence-corrected chi connectivity index (χ1v) is 14.8. The summed E-state index contributed by atoms with van der Waals surface area (Å²) < 4.78 is 29.0. The van der Waals surface area contributed by atoms with E-state index >= 15 is 0 Å². The third kappa shape index (κ3) is 5.64. The number of carbonyl (C=O) groups is 1. The van der Waals surface area contributed by atoms with Gasteiger partial charge >= 0.3 is 0 Å². The highest BCUT2D eigenvalue weighted by Gasteiger charge is 2.29. The number of hydrogen-bond donors (Lipinski definition) is 3. The molecule has 2 aliphatic carbocycles. The van der Waals surface area contributed by atoms with E-state index in [9.17, 15) is 13.2 Å². The van der Waals surface area contributed by atoms with E-state index in [-0.39, 0.29) is 23.7 Å². The normalized spacial score (nSPS) is 18.2. The monoisotopic (exact) mass is 511 g/mol. The van der Waals surface area contributed by atoms with E-state index in [2.05, 4.69) is 25.6 Å². The Hall–Kier alpha value is -3.14. The summed E-state index contributed by atoms with van der Waals surface area (Å²) in [5.41, 5.74) is 3.76. The van der Waals surface area contributed by atoms with Crippen molar-refractivity contribution in [3.8, 4) is 5.75 Å². The number of nitrogens with zero attached hydrogens (tertiary/aromatic N) is 2. The predicted octanol–water partition coefficient (Wildman–Crippen LogP) is 3.68. The van der Waals surface area contributed by atoms with Crippen molar-refractivity contribution in [3.63, 3.8) is 0 Å². The first kappa shape index (κ1) is 24.5. The van der Waals surface area contributed by atoms with Crippen LogP contribution in [0, 0.1) is 5.92 Å². The maximum Gasteiger partial charge on any atom is 0.223 e. The van der Waals surface area contributed by atoms with E-state index in [0.717, 1.165) is 59.4 Å². The molecule has 10 heteroatoms. The highest BCUT2D eigenvalue weighted by atomic mass is 32.2. The standard InChI is InChI=1S/C26H33N5O4S/c1-36(33,34)14-6-13-27-26(32)17-11-12-20-19(15-17)23-24(30-20)28-16-29-25(23)31-21-9-4-5-10-22(21)35-18-7-2-3-8-18/h4-5,9-10,16-18H,2-3,6-8,11-15H2,1H3,(H,27,32)(H2,28,29,30,31). The number of carbonyl (C=O) groups excluding carboxylic acids is 1. The second-order valence-electron chi connectivity index (χ2n) is 9.89. The van der Waals surface area contributed by atoms with Crippen molar-refractivity contribution < 1.29 is 17.9 Å². The number of aromatic nitrogens is 3. The number of rotatable bonds is 9. The number of hydrogen-bond acceptors (Lipinski definition) is 7. The second kappa shape index (κ2) is 10.5. The van der Waals surface area contributed by atoms with Crippen molar-refractivity contribution in [2.24, 2.45) is 5.92 Å². The Kier molecular flexibility index (Phi) is 7.13. The Bertz CT molecular complexity index is 1350. The molecule has 0 saturated heterocycles. The number of fused-ring (bicyclic) bond motifs is 3. The fourth-order valence-electron chi connectivity index (χ4n) is 5.24. The van der Waals surface area contributed by atoms with Crippen molar-refractivity contribution in [2.75, 3.05) is 23.9 Å². The lowest BCUT2D eigenvalue weighted by atomic mass is 9.86. The van der Waals surface area contributed by atoms with Crippen molar-refractivity contribution >= 4 is 38.3 Å². The zero-order chi connectivity index (χ0) is 25.1. The van der Waals surface area contributed by atoms with Gasteiger partial charge in [-0.3, -0.25) is 4.79 Å². The largest absolute Gasteiger partial charge is 0.488 e. The Balaban J connectivity index is 1.34. The molecule has 1 saturated carbocycles. The van der Waals surface area contributed by atoms with Gasteiger partial charge < -0.3 is 20.4 Å². The minimum atomic E-state index is -3.03. The van der Waals surface area contributed by atoms with Gasteiger partial charge in [-0.25, -0.2) is 18.4 Å². The topological polar surface area (TPSA) is 126 Å². The van der Waals surface area contributed by atoms with Crippen LogP contribution in [-0.2, 0) is 27.5 Å². The number of anilines is 2. The molecule has 0 spiro atoms. The number of para-hydroxylation sites is 2. The highest BCUT2D eigenvalue weighted by Crippen LogP contribution is 2.37. The quantitative estimate of drug-likeness (QED) is 0.374. The lowest BCUT2D eigenvalue weighted by Gasteiger charge is -2.22. The number of aryl methyl sites for hydroxylation is 1. The summed E-state index contributed by atoms with van der Waals surface area (Å²) in [4.78, 5) is 25.3. The molecule has 0 radical (unpaired) electrons. The van der Waals surface area contributed by atoms with Gasteiger partial charge in [-0.2, -0.15) is 0 Å². The summed E-state index contributed by atoms with van der Waals surface area (Å²) in [5, 5.41) is 7.29. The number of H-pyrrole nitrogens is 1. The fraction of sp³-hybridized carbons (Fsp3) is 0.500. The van der Waals surface area contributed by atoms with Crippen LogP contribution >= 0.6 is 0 Å². The van der Waals surface area contributed by atoms with Crippen LogP contribution in [0.1, 0.15) is 49.8 Å². The average Bonchev–Trinajstić information content (AvgIpc) is 3.50. The molecule has 1 fully saturated rings. The lowest BCUT2D eigenvalue weighted by Crippen LogP contribution is -2.35. The number of benzene rings is 1. The van der Waals surface area contributed by atoms with Crippen LogP contribution < -0.4 is 15.4 Å².